The van der Waals surface area contributed by atoms with Gasteiger partial charge in [0.2, 0.25) is 5.95 Å². The summed E-state index contributed by atoms with van der Waals surface area (Å²) < 4.78 is 1.75. The molecule has 18 heavy (non-hydrogen) atoms. The van der Waals surface area contributed by atoms with E-state index in [0.717, 1.165) is 17.6 Å². The highest BCUT2D eigenvalue weighted by Gasteiger charge is 2.37. The molecule has 0 amide bonds. The van der Waals surface area contributed by atoms with Crippen molar-refractivity contribution >= 4 is 5.95 Å². The van der Waals surface area contributed by atoms with Gasteiger partial charge < -0.3 is 5.32 Å². The number of aromatic nitrogens is 4. The molecule has 2 unspecified atom stereocenters. The first-order chi connectivity index (χ1) is 8.88. The van der Waals surface area contributed by atoms with Gasteiger partial charge in [0.05, 0.1) is 5.69 Å². The zero-order valence-corrected chi connectivity index (χ0v) is 10.5. The van der Waals surface area contributed by atoms with E-state index in [1.807, 2.05) is 30.3 Å². The van der Waals surface area contributed by atoms with Crippen LogP contribution in [0.15, 0.2) is 30.3 Å². The van der Waals surface area contributed by atoms with Gasteiger partial charge in [-0.25, -0.2) is 0 Å². The molecule has 1 aromatic heterocycles. The molecule has 2 atom stereocenters. The number of para-hydroxylation sites is 1. The third kappa shape index (κ3) is 2.20. The van der Waals surface area contributed by atoms with Crippen molar-refractivity contribution in [3.63, 3.8) is 0 Å². The number of nitrogens with zero attached hydrogens (tertiary/aromatic N) is 4. The third-order valence-electron chi connectivity index (χ3n) is 3.37. The Morgan fingerprint density at radius 2 is 2.17 bits per heavy atom. The molecule has 5 nitrogen and oxygen atoms in total. The van der Waals surface area contributed by atoms with E-state index in [2.05, 4.69) is 27.8 Å². The highest BCUT2D eigenvalue weighted by atomic mass is 15.6. The Labute approximate surface area is 106 Å². The summed E-state index contributed by atoms with van der Waals surface area (Å²) in [4.78, 5) is 0. The first-order valence-corrected chi connectivity index (χ1v) is 6.49. The smallest absolute Gasteiger partial charge is 0.247 e. The molecule has 5 heteroatoms. The van der Waals surface area contributed by atoms with Crippen molar-refractivity contribution < 1.29 is 0 Å². The Morgan fingerprint density at radius 1 is 1.33 bits per heavy atom. The molecule has 1 aliphatic rings. The van der Waals surface area contributed by atoms with Crippen LogP contribution in [0.4, 0.5) is 5.95 Å². The topological polar surface area (TPSA) is 55.6 Å². The zero-order chi connectivity index (χ0) is 12.4. The van der Waals surface area contributed by atoms with Gasteiger partial charge in [0.1, 0.15) is 0 Å². The second kappa shape index (κ2) is 4.76. The summed E-state index contributed by atoms with van der Waals surface area (Å²) in [6.45, 7) is 2.23. The average molecular weight is 243 g/mol. The summed E-state index contributed by atoms with van der Waals surface area (Å²) in [5.41, 5.74) is 0.984. The summed E-state index contributed by atoms with van der Waals surface area (Å²) in [7, 11) is 0. The lowest BCUT2D eigenvalue weighted by molar-refractivity contribution is 0.690. The molecule has 94 valence electrons. The van der Waals surface area contributed by atoms with Crippen LogP contribution in [-0.4, -0.2) is 26.2 Å². The van der Waals surface area contributed by atoms with Crippen LogP contribution in [0, 0.1) is 5.92 Å². The standard InChI is InChI=1S/C13H17N5/c1-2-6-10-9-12(10)14-13-15-16-17-18(13)11-7-4-3-5-8-11/h3-5,7-8,10,12H,2,6,9H2,1H3,(H,14,15,17). The number of rotatable bonds is 5. The molecule has 1 heterocycles. The van der Waals surface area contributed by atoms with E-state index in [0.29, 0.717) is 6.04 Å². The van der Waals surface area contributed by atoms with Gasteiger partial charge in [0.15, 0.2) is 0 Å². The predicted octanol–water partition coefficient (Wildman–Crippen LogP) is 2.26. The summed E-state index contributed by atoms with van der Waals surface area (Å²) >= 11 is 0. The van der Waals surface area contributed by atoms with E-state index in [1.165, 1.54) is 19.3 Å². The maximum Gasteiger partial charge on any atom is 0.247 e. The Bertz CT molecular complexity index is 507. The molecule has 1 aliphatic carbocycles. The van der Waals surface area contributed by atoms with Crippen molar-refractivity contribution in [1.82, 2.24) is 20.2 Å². The molecular weight excluding hydrogens is 226 g/mol. The molecule has 1 N–H and O–H groups in total. The van der Waals surface area contributed by atoms with Crippen molar-refractivity contribution in [1.29, 1.82) is 0 Å². The minimum atomic E-state index is 0.540. The van der Waals surface area contributed by atoms with Crippen molar-refractivity contribution in [3.8, 4) is 5.69 Å². The monoisotopic (exact) mass is 243 g/mol. The summed E-state index contributed by atoms with van der Waals surface area (Å²) in [5.74, 6) is 1.53. The Morgan fingerprint density at radius 3 is 2.94 bits per heavy atom. The predicted molar refractivity (Wildman–Crippen MR) is 69.6 cm³/mol. The molecule has 1 aromatic carbocycles. The fourth-order valence-corrected chi connectivity index (χ4v) is 2.30. The van der Waals surface area contributed by atoms with E-state index >= 15 is 0 Å². The highest BCUT2D eigenvalue weighted by molar-refractivity contribution is 5.39. The fraction of sp³-hybridized carbons (Fsp3) is 0.462. The van der Waals surface area contributed by atoms with Gasteiger partial charge in [-0.1, -0.05) is 36.6 Å². The molecule has 0 saturated heterocycles. The van der Waals surface area contributed by atoms with Crippen LogP contribution >= 0.6 is 0 Å². The zero-order valence-electron chi connectivity index (χ0n) is 10.5. The average Bonchev–Trinajstić information content (AvgIpc) is 2.96. The Kier molecular flexibility index (Phi) is 2.96. The van der Waals surface area contributed by atoms with Gasteiger partial charge in [-0.3, -0.25) is 0 Å². The SMILES string of the molecule is CCCC1CC1Nc1nnnn1-c1ccccc1. The Balaban J connectivity index is 1.73. The molecule has 0 bridgehead atoms. The first kappa shape index (κ1) is 11.2. The second-order valence-electron chi connectivity index (χ2n) is 4.79. The van der Waals surface area contributed by atoms with Gasteiger partial charge in [0.25, 0.3) is 0 Å². The summed E-state index contributed by atoms with van der Waals surface area (Å²) in [5, 5.41) is 15.3. The highest BCUT2D eigenvalue weighted by Crippen LogP contribution is 2.36. The lowest BCUT2D eigenvalue weighted by Crippen LogP contribution is -2.10. The minimum Gasteiger partial charge on any atom is -0.350 e. The molecule has 2 aromatic rings. The maximum absolute atomic E-state index is 4.06. The Hall–Kier alpha value is -1.91. The van der Waals surface area contributed by atoms with Crippen LogP contribution in [0.3, 0.4) is 0 Å². The third-order valence-corrected chi connectivity index (χ3v) is 3.37. The van der Waals surface area contributed by atoms with Crippen molar-refractivity contribution in [2.75, 3.05) is 5.32 Å². The van der Waals surface area contributed by atoms with Gasteiger partial charge in [0, 0.05) is 6.04 Å². The molecule has 0 spiro atoms. The number of hydrogen-bond acceptors (Lipinski definition) is 4. The van der Waals surface area contributed by atoms with E-state index in [4.69, 9.17) is 0 Å². The van der Waals surface area contributed by atoms with Crippen LogP contribution in [0.1, 0.15) is 26.2 Å². The number of benzene rings is 1. The largest absolute Gasteiger partial charge is 0.350 e. The van der Waals surface area contributed by atoms with Gasteiger partial charge in [-0.15, -0.1) is 0 Å². The minimum absolute atomic E-state index is 0.540. The van der Waals surface area contributed by atoms with Crippen LogP contribution in [0.5, 0.6) is 0 Å². The number of anilines is 1. The van der Waals surface area contributed by atoms with Crippen LogP contribution in [0.25, 0.3) is 5.69 Å². The van der Waals surface area contributed by atoms with Crippen LogP contribution in [0.2, 0.25) is 0 Å². The summed E-state index contributed by atoms with van der Waals surface area (Å²) in [6.07, 6.45) is 3.76. The van der Waals surface area contributed by atoms with E-state index in [1.54, 1.807) is 4.68 Å². The van der Waals surface area contributed by atoms with Gasteiger partial charge >= 0.3 is 0 Å². The first-order valence-electron chi connectivity index (χ1n) is 6.49. The quantitative estimate of drug-likeness (QED) is 0.875. The fourth-order valence-electron chi connectivity index (χ4n) is 2.30. The number of hydrogen-bond donors (Lipinski definition) is 1. The van der Waals surface area contributed by atoms with E-state index in [-0.39, 0.29) is 0 Å². The number of tetrazole rings is 1. The van der Waals surface area contributed by atoms with Crippen molar-refractivity contribution in [3.05, 3.63) is 30.3 Å². The van der Waals surface area contributed by atoms with Gasteiger partial charge in [-0.05, 0) is 41.3 Å². The lowest BCUT2D eigenvalue weighted by atomic mass is 10.2. The van der Waals surface area contributed by atoms with Gasteiger partial charge in [-0.2, -0.15) is 4.68 Å². The van der Waals surface area contributed by atoms with Crippen molar-refractivity contribution in [2.24, 2.45) is 5.92 Å². The molecule has 3 rings (SSSR count). The molecule has 1 fully saturated rings. The second-order valence-corrected chi connectivity index (χ2v) is 4.79. The van der Waals surface area contributed by atoms with E-state index < -0.39 is 0 Å². The summed E-state index contributed by atoms with van der Waals surface area (Å²) in [6, 6.07) is 10.5. The molecule has 1 saturated carbocycles. The maximum atomic E-state index is 4.06. The molecule has 0 radical (unpaired) electrons. The van der Waals surface area contributed by atoms with Crippen LogP contribution in [-0.2, 0) is 0 Å². The molecular formula is C13H17N5. The number of nitrogens with one attached hydrogen (secondary N) is 1. The normalized spacial score (nSPS) is 21.8. The molecule has 0 aliphatic heterocycles. The lowest BCUT2D eigenvalue weighted by Gasteiger charge is -2.06. The van der Waals surface area contributed by atoms with E-state index in [9.17, 15) is 0 Å². The van der Waals surface area contributed by atoms with Crippen LogP contribution < -0.4 is 5.32 Å². The van der Waals surface area contributed by atoms with Crippen molar-refractivity contribution in [2.45, 2.75) is 32.2 Å².